The molecule has 4 nitrogen and oxygen atoms in total. The molecule has 0 aliphatic carbocycles. The molecule has 1 heterocycles. The molecule has 2 aromatic rings. The summed E-state index contributed by atoms with van der Waals surface area (Å²) in [7, 11) is 0. The van der Waals surface area contributed by atoms with E-state index in [9.17, 15) is 0 Å². The molecule has 0 saturated heterocycles. The summed E-state index contributed by atoms with van der Waals surface area (Å²) < 4.78 is 0. The lowest BCUT2D eigenvalue weighted by Gasteiger charge is -2.27. The van der Waals surface area contributed by atoms with E-state index in [0.29, 0.717) is 11.5 Å². The van der Waals surface area contributed by atoms with Gasteiger partial charge in [-0.15, -0.1) is 0 Å². The number of hydrogen-bond acceptors (Lipinski definition) is 4. The molecule has 0 atom stereocenters. The average Bonchev–Trinajstić information content (AvgIpc) is 2.41. The van der Waals surface area contributed by atoms with Crippen LogP contribution in [0.25, 0.3) is 0 Å². The largest absolute Gasteiger partial charge is 0.364 e. The SMILES string of the molecule is Cc1ccccc1CC(C)(C)Nc1cnc(C#N)cn1. The van der Waals surface area contributed by atoms with Crippen molar-refractivity contribution in [1.82, 2.24) is 9.97 Å². The van der Waals surface area contributed by atoms with Gasteiger partial charge in [0.15, 0.2) is 5.69 Å². The quantitative estimate of drug-likeness (QED) is 0.923. The van der Waals surface area contributed by atoms with Gasteiger partial charge in [-0.05, 0) is 38.3 Å². The zero-order valence-corrected chi connectivity index (χ0v) is 12.0. The van der Waals surface area contributed by atoms with Crippen LogP contribution >= 0.6 is 0 Å². The number of aromatic nitrogens is 2. The van der Waals surface area contributed by atoms with Crippen LogP contribution in [0.5, 0.6) is 0 Å². The van der Waals surface area contributed by atoms with Crippen LogP contribution in [0.3, 0.4) is 0 Å². The molecule has 0 saturated carbocycles. The van der Waals surface area contributed by atoms with Gasteiger partial charge in [0.25, 0.3) is 0 Å². The van der Waals surface area contributed by atoms with Gasteiger partial charge in [-0.2, -0.15) is 5.26 Å². The standard InChI is InChI=1S/C16H18N4/c1-12-6-4-5-7-13(12)8-16(2,3)20-15-11-18-14(9-17)10-19-15/h4-7,10-11H,8H2,1-3H3,(H,19,20). The van der Waals surface area contributed by atoms with Crippen LogP contribution in [0.4, 0.5) is 5.82 Å². The van der Waals surface area contributed by atoms with Gasteiger partial charge in [0.2, 0.25) is 0 Å². The molecule has 0 fully saturated rings. The lowest BCUT2D eigenvalue weighted by molar-refractivity contribution is 0.559. The second kappa shape index (κ2) is 5.70. The van der Waals surface area contributed by atoms with Crippen LogP contribution in [-0.2, 0) is 6.42 Å². The van der Waals surface area contributed by atoms with Crippen molar-refractivity contribution in [1.29, 1.82) is 5.26 Å². The van der Waals surface area contributed by atoms with Crippen molar-refractivity contribution in [2.75, 3.05) is 5.32 Å². The number of nitrogens with zero attached hydrogens (tertiary/aromatic N) is 3. The predicted octanol–water partition coefficient (Wildman–Crippen LogP) is 3.09. The highest BCUT2D eigenvalue weighted by Gasteiger charge is 2.19. The van der Waals surface area contributed by atoms with E-state index in [-0.39, 0.29) is 5.54 Å². The normalized spacial score (nSPS) is 10.9. The van der Waals surface area contributed by atoms with Gasteiger partial charge in [0.05, 0.1) is 12.4 Å². The van der Waals surface area contributed by atoms with Crippen LogP contribution in [0.1, 0.15) is 30.7 Å². The summed E-state index contributed by atoms with van der Waals surface area (Å²) in [5.41, 5.74) is 2.78. The molecule has 0 amide bonds. The van der Waals surface area contributed by atoms with Gasteiger partial charge in [-0.25, -0.2) is 9.97 Å². The van der Waals surface area contributed by atoms with E-state index in [4.69, 9.17) is 5.26 Å². The first-order valence-corrected chi connectivity index (χ1v) is 6.55. The molecular weight excluding hydrogens is 248 g/mol. The fourth-order valence-electron chi connectivity index (χ4n) is 2.13. The second-order valence-electron chi connectivity index (χ2n) is 5.51. The summed E-state index contributed by atoms with van der Waals surface area (Å²) >= 11 is 0. The van der Waals surface area contributed by atoms with Gasteiger partial charge in [-0.3, -0.25) is 0 Å². The minimum absolute atomic E-state index is 0.144. The molecular formula is C16H18N4. The Kier molecular flexibility index (Phi) is 3.99. The zero-order valence-electron chi connectivity index (χ0n) is 12.0. The molecule has 0 aliphatic heterocycles. The molecule has 1 N–H and O–H groups in total. The Hall–Kier alpha value is -2.41. The summed E-state index contributed by atoms with van der Waals surface area (Å²) in [4.78, 5) is 8.22. The Morgan fingerprint density at radius 1 is 1.20 bits per heavy atom. The summed E-state index contributed by atoms with van der Waals surface area (Å²) in [5, 5.41) is 12.1. The minimum Gasteiger partial charge on any atom is -0.364 e. The molecule has 1 aromatic carbocycles. The molecule has 0 aliphatic rings. The summed E-state index contributed by atoms with van der Waals surface area (Å²) in [6, 6.07) is 10.3. The topological polar surface area (TPSA) is 61.6 Å². The summed E-state index contributed by atoms with van der Waals surface area (Å²) in [5.74, 6) is 0.683. The Balaban J connectivity index is 2.10. The Labute approximate surface area is 119 Å². The smallest absolute Gasteiger partial charge is 0.158 e. The number of rotatable bonds is 4. The number of anilines is 1. The van der Waals surface area contributed by atoms with Crippen molar-refractivity contribution in [2.45, 2.75) is 32.7 Å². The zero-order chi connectivity index (χ0) is 14.6. The lowest BCUT2D eigenvalue weighted by Crippen LogP contribution is -2.34. The predicted molar refractivity (Wildman–Crippen MR) is 79.3 cm³/mol. The monoisotopic (exact) mass is 266 g/mol. The maximum Gasteiger partial charge on any atom is 0.158 e. The van der Waals surface area contributed by atoms with Gasteiger partial charge >= 0.3 is 0 Å². The molecule has 0 spiro atoms. The number of benzene rings is 1. The molecule has 0 bridgehead atoms. The minimum atomic E-state index is -0.144. The lowest BCUT2D eigenvalue weighted by atomic mass is 9.92. The highest BCUT2D eigenvalue weighted by molar-refractivity contribution is 5.38. The third-order valence-electron chi connectivity index (χ3n) is 3.13. The maximum atomic E-state index is 8.71. The molecule has 0 unspecified atom stereocenters. The van der Waals surface area contributed by atoms with E-state index in [1.54, 1.807) is 6.20 Å². The highest BCUT2D eigenvalue weighted by Crippen LogP contribution is 2.19. The third kappa shape index (κ3) is 3.55. The van der Waals surface area contributed by atoms with E-state index < -0.39 is 0 Å². The van der Waals surface area contributed by atoms with Gasteiger partial charge in [-0.1, -0.05) is 24.3 Å². The van der Waals surface area contributed by atoms with Crippen molar-refractivity contribution in [3.63, 3.8) is 0 Å². The van der Waals surface area contributed by atoms with E-state index in [1.165, 1.54) is 17.3 Å². The first-order valence-electron chi connectivity index (χ1n) is 6.55. The first kappa shape index (κ1) is 14.0. The fraction of sp³-hybridized carbons (Fsp3) is 0.312. The van der Waals surface area contributed by atoms with E-state index in [1.807, 2.05) is 12.1 Å². The Morgan fingerprint density at radius 3 is 2.55 bits per heavy atom. The van der Waals surface area contributed by atoms with Crippen LogP contribution in [0.2, 0.25) is 0 Å². The number of nitrogens with one attached hydrogen (secondary N) is 1. The van der Waals surface area contributed by atoms with Crippen molar-refractivity contribution >= 4 is 5.82 Å². The molecule has 4 heteroatoms. The van der Waals surface area contributed by atoms with Crippen LogP contribution in [0.15, 0.2) is 36.7 Å². The molecule has 1 aromatic heterocycles. The van der Waals surface area contributed by atoms with Crippen molar-refractivity contribution < 1.29 is 0 Å². The van der Waals surface area contributed by atoms with E-state index >= 15 is 0 Å². The first-order chi connectivity index (χ1) is 9.50. The van der Waals surface area contributed by atoms with Gasteiger partial charge in [0, 0.05) is 5.54 Å². The second-order valence-corrected chi connectivity index (χ2v) is 5.51. The fourth-order valence-corrected chi connectivity index (χ4v) is 2.13. The molecule has 102 valence electrons. The Morgan fingerprint density at radius 2 is 1.95 bits per heavy atom. The molecule has 2 rings (SSSR count). The molecule has 0 radical (unpaired) electrons. The number of aryl methyl sites for hydroxylation is 1. The van der Waals surface area contributed by atoms with Crippen LogP contribution in [0, 0.1) is 18.3 Å². The van der Waals surface area contributed by atoms with Crippen LogP contribution < -0.4 is 5.32 Å². The average molecular weight is 266 g/mol. The van der Waals surface area contributed by atoms with Crippen molar-refractivity contribution in [2.24, 2.45) is 0 Å². The third-order valence-corrected chi connectivity index (χ3v) is 3.13. The Bertz CT molecular complexity index is 624. The highest BCUT2D eigenvalue weighted by atomic mass is 15.1. The van der Waals surface area contributed by atoms with Crippen molar-refractivity contribution in [3.05, 3.63) is 53.5 Å². The molecule has 20 heavy (non-hydrogen) atoms. The van der Waals surface area contributed by atoms with Gasteiger partial charge < -0.3 is 5.32 Å². The number of nitriles is 1. The maximum absolute atomic E-state index is 8.71. The van der Waals surface area contributed by atoms with Crippen LogP contribution in [-0.4, -0.2) is 15.5 Å². The van der Waals surface area contributed by atoms with Crippen molar-refractivity contribution in [3.8, 4) is 6.07 Å². The number of hydrogen-bond donors (Lipinski definition) is 1. The van der Waals surface area contributed by atoms with Gasteiger partial charge in [0.1, 0.15) is 11.9 Å². The summed E-state index contributed by atoms with van der Waals surface area (Å²) in [6.45, 7) is 6.37. The summed E-state index contributed by atoms with van der Waals surface area (Å²) in [6.07, 6.45) is 3.96. The van der Waals surface area contributed by atoms with E-state index in [0.717, 1.165) is 6.42 Å². The van der Waals surface area contributed by atoms with E-state index in [2.05, 4.69) is 54.3 Å².